The second-order valence-electron chi connectivity index (χ2n) is 5.70. The molecule has 0 unspecified atom stereocenters. The van der Waals surface area contributed by atoms with Gasteiger partial charge < -0.3 is 10.0 Å². The molecule has 0 bridgehead atoms. The molecule has 1 aromatic rings. The van der Waals surface area contributed by atoms with E-state index in [0.29, 0.717) is 6.54 Å². The predicted octanol–water partition coefficient (Wildman–Crippen LogP) is 1.88. The fraction of sp³-hybridized carbons (Fsp3) is 0.562. The lowest BCUT2D eigenvalue weighted by molar-refractivity contribution is -0.120. The monoisotopic (exact) mass is 276 g/mol. The Balaban J connectivity index is 2.01. The Kier molecular flexibility index (Phi) is 5.15. The normalized spacial score (nSPS) is 17.4. The molecule has 1 fully saturated rings. The summed E-state index contributed by atoms with van der Waals surface area (Å²) in [7, 11) is 0. The maximum atomic E-state index is 12.6. The minimum absolute atomic E-state index is 0.127. The average molecular weight is 276 g/mol. The van der Waals surface area contributed by atoms with Gasteiger partial charge in [0.1, 0.15) is 0 Å². The second-order valence-corrected chi connectivity index (χ2v) is 5.70. The zero-order valence-corrected chi connectivity index (χ0v) is 12.3. The summed E-state index contributed by atoms with van der Waals surface area (Å²) in [6.45, 7) is 6.09. The number of benzene rings is 1. The van der Waals surface area contributed by atoms with Crippen LogP contribution in [0.15, 0.2) is 30.3 Å². The summed E-state index contributed by atoms with van der Waals surface area (Å²) in [5, 5.41) is 9.51. The van der Waals surface area contributed by atoms with E-state index < -0.39 is 0 Å². The number of amides is 1. The largest absolute Gasteiger partial charge is 0.393 e. The number of aliphatic hydroxyl groups is 1. The number of hydrogen-bond acceptors (Lipinski definition) is 3. The summed E-state index contributed by atoms with van der Waals surface area (Å²) >= 11 is 0. The lowest BCUT2D eigenvalue weighted by atomic mass is 10.1. The molecule has 2 rings (SSSR count). The minimum Gasteiger partial charge on any atom is -0.393 e. The number of anilines is 1. The molecule has 1 aromatic carbocycles. The van der Waals surface area contributed by atoms with Crippen LogP contribution < -0.4 is 4.90 Å². The van der Waals surface area contributed by atoms with E-state index in [0.717, 1.165) is 31.6 Å². The van der Waals surface area contributed by atoms with Gasteiger partial charge in [0.2, 0.25) is 5.91 Å². The first kappa shape index (κ1) is 15.0. The second kappa shape index (κ2) is 6.86. The van der Waals surface area contributed by atoms with Gasteiger partial charge in [-0.3, -0.25) is 9.69 Å². The standard InChI is InChI=1S/C16H24N2O2/c1-13(2)18(14-6-4-3-5-7-14)16(20)12-17-10-8-15(19)9-11-17/h3-7,13,15,19H,8-12H2,1-2H3. The van der Waals surface area contributed by atoms with Gasteiger partial charge in [0.15, 0.2) is 0 Å². The summed E-state index contributed by atoms with van der Waals surface area (Å²) in [6, 6.07) is 9.94. The number of rotatable bonds is 4. The molecule has 4 nitrogen and oxygen atoms in total. The Hall–Kier alpha value is -1.39. The maximum Gasteiger partial charge on any atom is 0.241 e. The van der Waals surface area contributed by atoms with Crippen LogP contribution in [0.25, 0.3) is 0 Å². The number of hydrogen-bond donors (Lipinski definition) is 1. The van der Waals surface area contributed by atoms with Crippen LogP contribution in [-0.2, 0) is 4.79 Å². The molecular weight excluding hydrogens is 252 g/mol. The van der Waals surface area contributed by atoms with Gasteiger partial charge >= 0.3 is 0 Å². The van der Waals surface area contributed by atoms with E-state index in [2.05, 4.69) is 4.90 Å². The summed E-state index contributed by atoms with van der Waals surface area (Å²) in [5.41, 5.74) is 0.949. The van der Waals surface area contributed by atoms with Crippen LogP contribution in [0.4, 0.5) is 5.69 Å². The first-order chi connectivity index (χ1) is 9.58. The van der Waals surface area contributed by atoms with Crippen molar-refractivity contribution in [1.29, 1.82) is 0 Å². The summed E-state index contributed by atoms with van der Waals surface area (Å²) in [5.74, 6) is 0.127. The highest BCUT2D eigenvalue weighted by Crippen LogP contribution is 2.18. The zero-order chi connectivity index (χ0) is 14.5. The highest BCUT2D eigenvalue weighted by atomic mass is 16.3. The molecule has 0 aliphatic carbocycles. The van der Waals surface area contributed by atoms with Crippen LogP contribution in [0.1, 0.15) is 26.7 Å². The Morgan fingerprint density at radius 3 is 2.45 bits per heavy atom. The van der Waals surface area contributed by atoms with Gasteiger partial charge in [0, 0.05) is 24.8 Å². The molecule has 0 spiro atoms. The number of aliphatic hydroxyl groups excluding tert-OH is 1. The van der Waals surface area contributed by atoms with E-state index in [4.69, 9.17) is 0 Å². The van der Waals surface area contributed by atoms with Gasteiger partial charge in [-0.25, -0.2) is 0 Å². The van der Waals surface area contributed by atoms with Crippen LogP contribution in [0.5, 0.6) is 0 Å². The topological polar surface area (TPSA) is 43.8 Å². The predicted molar refractivity (Wildman–Crippen MR) is 80.7 cm³/mol. The number of carbonyl (C=O) groups excluding carboxylic acids is 1. The molecule has 1 saturated heterocycles. The van der Waals surface area contributed by atoms with Crippen molar-refractivity contribution in [3.8, 4) is 0 Å². The zero-order valence-electron chi connectivity index (χ0n) is 12.3. The molecule has 110 valence electrons. The molecule has 0 aromatic heterocycles. The molecule has 0 radical (unpaired) electrons. The van der Waals surface area contributed by atoms with E-state index in [1.54, 1.807) is 0 Å². The average Bonchev–Trinajstić information content (AvgIpc) is 2.42. The Bertz CT molecular complexity index is 425. The quantitative estimate of drug-likeness (QED) is 0.913. The van der Waals surface area contributed by atoms with Crippen molar-refractivity contribution < 1.29 is 9.90 Å². The smallest absolute Gasteiger partial charge is 0.241 e. The molecule has 1 aliphatic heterocycles. The van der Waals surface area contributed by atoms with Crippen LogP contribution in [-0.4, -0.2) is 47.7 Å². The molecule has 1 heterocycles. The van der Waals surface area contributed by atoms with E-state index in [1.807, 2.05) is 49.1 Å². The van der Waals surface area contributed by atoms with Crippen LogP contribution in [0.2, 0.25) is 0 Å². The third-order valence-electron chi connectivity index (χ3n) is 3.74. The molecule has 1 amide bonds. The molecule has 1 N–H and O–H groups in total. The lowest BCUT2D eigenvalue weighted by Gasteiger charge is -2.33. The Morgan fingerprint density at radius 2 is 1.90 bits per heavy atom. The van der Waals surface area contributed by atoms with E-state index in [1.165, 1.54) is 0 Å². The van der Waals surface area contributed by atoms with Crippen LogP contribution >= 0.6 is 0 Å². The highest BCUT2D eigenvalue weighted by Gasteiger charge is 2.24. The van der Waals surface area contributed by atoms with Crippen molar-refractivity contribution in [2.45, 2.75) is 38.8 Å². The van der Waals surface area contributed by atoms with Gasteiger partial charge in [-0.1, -0.05) is 18.2 Å². The number of likely N-dealkylation sites (tertiary alicyclic amines) is 1. The van der Waals surface area contributed by atoms with Crippen LogP contribution in [0, 0.1) is 0 Å². The first-order valence-electron chi connectivity index (χ1n) is 7.35. The molecule has 20 heavy (non-hydrogen) atoms. The van der Waals surface area contributed by atoms with Gasteiger partial charge in [-0.2, -0.15) is 0 Å². The fourth-order valence-corrected chi connectivity index (χ4v) is 2.66. The first-order valence-corrected chi connectivity index (χ1v) is 7.35. The van der Waals surface area contributed by atoms with Crippen molar-refractivity contribution in [2.24, 2.45) is 0 Å². The van der Waals surface area contributed by atoms with Crippen molar-refractivity contribution in [3.63, 3.8) is 0 Å². The highest BCUT2D eigenvalue weighted by molar-refractivity contribution is 5.95. The Labute approximate surface area is 121 Å². The van der Waals surface area contributed by atoms with Gasteiger partial charge in [0.05, 0.1) is 12.6 Å². The van der Waals surface area contributed by atoms with Gasteiger partial charge in [0.25, 0.3) is 0 Å². The Morgan fingerprint density at radius 1 is 1.30 bits per heavy atom. The van der Waals surface area contributed by atoms with Crippen molar-refractivity contribution >= 4 is 11.6 Å². The molecule has 1 aliphatic rings. The van der Waals surface area contributed by atoms with Gasteiger partial charge in [-0.15, -0.1) is 0 Å². The number of nitrogens with zero attached hydrogens (tertiary/aromatic N) is 2. The minimum atomic E-state index is -0.198. The lowest BCUT2D eigenvalue weighted by Crippen LogP contribution is -2.46. The summed E-state index contributed by atoms with van der Waals surface area (Å²) in [4.78, 5) is 16.5. The third kappa shape index (κ3) is 3.81. The van der Waals surface area contributed by atoms with Crippen LogP contribution in [0.3, 0.4) is 0 Å². The maximum absolute atomic E-state index is 12.6. The summed E-state index contributed by atoms with van der Waals surface area (Å²) < 4.78 is 0. The van der Waals surface area contributed by atoms with E-state index in [-0.39, 0.29) is 18.1 Å². The van der Waals surface area contributed by atoms with E-state index in [9.17, 15) is 9.90 Å². The molecule has 0 saturated carbocycles. The van der Waals surface area contributed by atoms with Crippen molar-refractivity contribution in [1.82, 2.24) is 4.90 Å². The summed E-state index contributed by atoms with van der Waals surface area (Å²) in [6.07, 6.45) is 1.33. The van der Waals surface area contributed by atoms with Crippen molar-refractivity contribution in [3.05, 3.63) is 30.3 Å². The molecular formula is C16H24N2O2. The van der Waals surface area contributed by atoms with E-state index >= 15 is 0 Å². The molecule has 0 atom stereocenters. The molecule has 4 heteroatoms. The number of carbonyl (C=O) groups is 1. The SMILES string of the molecule is CC(C)N(C(=O)CN1CCC(O)CC1)c1ccccc1. The third-order valence-corrected chi connectivity index (χ3v) is 3.74. The number of piperidine rings is 1. The van der Waals surface area contributed by atoms with Crippen molar-refractivity contribution in [2.75, 3.05) is 24.5 Å². The fourth-order valence-electron chi connectivity index (χ4n) is 2.66. The number of para-hydroxylation sites is 1. The van der Waals surface area contributed by atoms with Gasteiger partial charge in [-0.05, 0) is 38.8 Å².